The maximum Gasteiger partial charge on any atom is 0.230 e. The van der Waals surface area contributed by atoms with Gasteiger partial charge in [-0.2, -0.15) is 0 Å². The van der Waals surface area contributed by atoms with Crippen molar-refractivity contribution in [2.75, 3.05) is 5.75 Å². The van der Waals surface area contributed by atoms with E-state index >= 15 is 0 Å². The van der Waals surface area contributed by atoms with Gasteiger partial charge >= 0.3 is 0 Å². The molecule has 0 radical (unpaired) electrons. The molecule has 4 rings (SSSR count). The maximum absolute atomic E-state index is 12.6. The Morgan fingerprint density at radius 1 is 1.00 bits per heavy atom. The van der Waals surface area contributed by atoms with Crippen LogP contribution in [0.25, 0.3) is 22.2 Å². The molecule has 152 valence electrons. The number of nitrogens with one attached hydrogen (secondary N) is 1. The second-order valence-corrected chi connectivity index (χ2v) is 8.01. The van der Waals surface area contributed by atoms with Gasteiger partial charge in [0.25, 0.3) is 0 Å². The predicted octanol–water partition coefficient (Wildman–Crippen LogP) is 5.09. The standard InChI is InChI=1S/C24H24N4OS/c1-3-28-23(19-11-5-4-6-12-19)26-27-24(28)30-16-22(29)25-17(2)20-15-9-13-18-10-7-8-14-21(18)20/h4-15,17H,3,16H2,1-2H3,(H,25,29)/t17-/m0/s1. The third-order valence-corrected chi connectivity index (χ3v) is 6.03. The largest absolute Gasteiger partial charge is 0.349 e. The van der Waals surface area contributed by atoms with E-state index < -0.39 is 0 Å². The first-order chi connectivity index (χ1) is 14.7. The van der Waals surface area contributed by atoms with E-state index in [1.807, 2.05) is 60.0 Å². The number of rotatable bonds is 7. The molecule has 0 saturated heterocycles. The van der Waals surface area contributed by atoms with Crippen LogP contribution < -0.4 is 5.32 Å². The summed E-state index contributed by atoms with van der Waals surface area (Å²) in [6.07, 6.45) is 0. The molecule has 1 N–H and O–H groups in total. The number of hydrogen-bond acceptors (Lipinski definition) is 4. The van der Waals surface area contributed by atoms with E-state index in [0.29, 0.717) is 5.75 Å². The minimum absolute atomic E-state index is 0.0210. The van der Waals surface area contributed by atoms with Crippen LogP contribution in [-0.2, 0) is 11.3 Å². The van der Waals surface area contributed by atoms with E-state index in [2.05, 4.69) is 46.7 Å². The molecule has 1 atom stereocenters. The van der Waals surface area contributed by atoms with Crippen molar-refractivity contribution in [1.82, 2.24) is 20.1 Å². The molecule has 4 aromatic rings. The molecule has 5 nitrogen and oxygen atoms in total. The van der Waals surface area contributed by atoms with Crippen LogP contribution in [0.2, 0.25) is 0 Å². The third kappa shape index (κ3) is 4.24. The fraction of sp³-hybridized carbons (Fsp3) is 0.208. The Labute approximate surface area is 180 Å². The summed E-state index contributed by atoms with van der Waals surface area (Å²) in [6, 6.07) is 24.3. The molecule has 1 heterocycles. The van der Waals surface area contributed by atoms with Crippen LogP contribution in [0.15, 0.2) is 78.0 Å². The highest BCUT2D eigenvalue weighted by Gasteiger charge is 2.16. The molecule has 0 bridgehead atoms. The molecule has 0 aliphatic heterocycles. The second-order valence-electron chi connectivity index (χ2n) is 7.06. The fourth-order valence-electron chi connectivity index (χ4n) is 3.60. The van der Waals surface area contributed by atoms with E-state index in [0.717, 1.165) is 28.7 Å². The summed E-state index contributed by atoms with van der Waals surface area (Å²) in [5, 5.41) is 14.9. The summed E-state index contributed by atoms with van der Waals surface area (Å²) < 4.78 is 2.04. The summed E-state index contributed by atoms with van der Waals surface area (Å²) in [6.45, 7) is 4.82. The first kappa shape index (κ1) is 20.2. The lowest BCUT2D eigenvalue weighted by molar-refractivity contribution is -0.119. The van der Waals surface area contributed by atoms with Crippen molar-refractivity contribution in [2.24, 2.45) is 0 Å². The van der Waals surface area contributed by atoms with Crippen LogP contribution in [0, 0.1) is 0 Å². The van der Waals surface area contributed by atoms with E-state index in [1.54, 1.807) is 0 Å². The van der Waals surface area contributed by atoms with Crippen LogP contribution in [0.5, 0.6) is 0 Å². The van der Waals surface area contributed by atoms with Gasteiger partial charge in [-0.25, -0.2) is 0 Å². The van der Waals surface area contributed by atoms with Crippen molar-refractivity contribution >= 4 is 28.4 Å². The number of carbonyl (C=O) groups is 1. The van der Waals surface area contributed by atoms with Gasteiger partial charge in [0.1, 0.15) is 0 Å². The average molecular weight is 417 g/mol. The summed E-state index contributed by atoms with van der Waals surface area (Å²) in [4.78, 5) is 12.6. The Morgan fingerprint density at radius 2 is 1.73 bits per heavy atom. The van der Waals surface area contributed by atoms with Crippen LogP contribution in [0.1, 0.15) is 25.5 Å². The van der Waals surface area contributed by atoms with Gasteiger partial charge in [-0.05, 0) is 30.2 Å². The number of thioether (sulfide) groups is 1. The second kappa shape index (κ2) is 9.13. The lowest BCUT2D eigenvalue weighted by atomic mass is 10.00. The molecular formula is C24H24N4OS. The van der Waals surface area contributed by atoms with E-state index in [4.69, 9.17) is 0 Å². The molecule has 0 aliphatic rings. The first-order valence-corrected chi connectivity index (χ1v) is 11.0. The monoisotopic (exact) mass is 416 g/mol. The topological polar surface area (TPSA) is 59.8 Å². The molecule has 3 aromatic carbocycles. The Balaban J connectivity index is 1.43. The number of aromatic nitrogens is 3. The van der Waals surface area contributed by atoms with Crippen molar-refractivity contribution in [2.45, 2.75) is 31.6 Å². The zero-order valence-electron chi connectivity index (χ0n) is 17.1. The van der Waals surface area contributed by atoms with Crippen molar-refractivity contribution in [3.05, 3.63) is 78.4 Å². The third-order valence-electron chi connectivity index (χ3n) is 5.06. The van der Waals surface area contributed by atoms with Crippen molar-refractivity contribution in [3.8, 4) is 11.4 Å². The number of fused-ring (bicyclic) bond motifs is 1. The molecule has 0 aliphatic carbocycles. The van der Waals surface area contributed by atoms with Gasteiger partial charge in [0.05, 0.1) is 11.8 Å². The van der Waals surface area contributed by atoms with Crippen molar-refractivity contribution in [3.63, 3.8) is 0 Å². The maximum atomic E-state index is 12.6. The highest BCUT2D eigenvalue weighted by molar-refractivity contribution is 7.99. The Morgan fingerprint density at radius 3 is 2.53 bits per heavy atom. The van der Waals surface area contributed by atoms with Gasteiger partial charge in [-0.15, -0.1) is 10.2 Å². The molecule has 0 unspecified atom stereocenters. The van der Waals surface area contributed by atoms with E-state index in [1.165, 1.54) is 22.5 Å². The lowest BCUT2D eigenvalue weighted by Gasteiger charge is -2.16. The van der Waals surface area contributed by atoms with Gasteiger partial charge in [0.2, 0.25) is 5.91 Å². The molecule has 0 fully saturated rings. The van der Waals surface area contributed by atoms with Gasteiger partial charge in [0, 0.05) is 12.1 Å². The number of amides is 1. The number of nitrogens with zero attached hydrogens (tertiary/aromatic N) is 3. The summed E-state index contributed by atoms with van der Waals surface area (Å²) in [5.74, 6) is 1.10. The lowest BCUT2D eigenvalue weighted by Crippen LogP contribution is -2.28. The summed E-state index contributed by atoms with van der Waals surface area (Å²) in [7, 11) is 0. The minimum Gasteiger partial charge on any atom is -0.349 e. The van der Waals surface area contributed by atoms with Crippen LogP contribution in [0.4, 0.5) is 0 Å². The minimum atomic E-state index is -0.0758. The van der Waals surface area contributed by atoms with Crippen LogP contribution in [0.3, 0.4) is 0 Å². The number of hydrogen-bond donors (Lipinski definition) is 1. The van der Waals surface area contributed by atoms with Crippen molar-refractivity contribution in [1.29, 1.82) is 0 Å². The van der Waals surface area contributed by atoms with Gasteiger partial charge in [-0.1, -0.05) is 84.6 Å². The van der Waals surface area contributed by atoms with Gasteiger partial charge in [0.15, 0.2) is 11.0 Å². The van der Waals surface area contributed by atoms with Crippen LogP contribution in [-0.4, -0.2) is 26.4 Å². The fourth-order valence-corrected chi connectivity index (χ4v) is 4.41. The molecule has 1 aromatic heterocycles. The first-order valence-electron chi connectivity index (χ1n) is 10.1. The highest BCUT2D eigenvalue weighted by Crippen LogP contribution is 2.26. The smallest absolute Gasteiger partial charge is 0.230 e. The average Bonchev–Trinajstić information content (AvgIpc) is 3.20. The molecule has 30 heavy (non-hydrogen) atoms. The zero-order valence-corrected chi connectivity index (χ0v) is 17.9. The quantitative estimate of drug-likeness (QED) is 0.427. The molecular weight excluding hydrogens is 392 g/mol. The molecule has 0 spiro atoms. The van der Waals surface area contributed by atoms with Crippen LogP contribution >= 0.6 is 11.8 Å². The van der Waals surface area contributed by atoms with Gasteiger partial charge in [-0.3, -0.25) is 4.79 Å². The molecule has 0 saturated carbocycles. The Bertz CT molecular complexity index is 1150. The van der Waals surface area contributed by atoms with E-state index in [9.17, 15) is 4.79 Å². The molecule has 6 heteroatoms. The predicted molar refractivity (Wildman–Crippen MR) is 122 cm³/mol. The number of carbonyl (C=O) groups excluding carboxylic acids is 1. The normalized spacial score (nSPS) is 12.1. The Hall–Kier alpha value is -3.12. The van der Waals surface area contributed by atoms with Gasteiger partial charge < -0.3 is 9.88 Å². The highest BCUT2D eigenvalue weighted by atomic mass is 32.2. The summed E-state index contributed by atoms with van der Waals surface area (Å²) >= 11 is 1.41. The molecule has 1 amide bonds. The summed E-state index contributed by atoms with van der Waals surface area (Å²) in [5.41, 5.74) is 2.14. The number of benzene rings is 3. The SMILES string of the molecule is CCn1c(SCC(=O)N[C@@H](C)c2cccc3ccccc23)nnc1-c1ccccc1. The van der Waals surface area contributed by atoms with E-state index in [-0.39, 0.29) is 11.9 Å². The zero-order chi connectivity index (χ0) is 20.9. The van der Waals surface area contributed by atoms with Crippen molar-refractivity contribution < 1.29 is 4.79 Å². The Kier molecular flexibility index (Phi) is 6.14.